The second-order valence-electron chi connectivity index (χ2n) is 3.36. The van der Waals surface area contributed by atoms with Crippen molar-refractivity contribution in [1.29, 1.82) is 0 Å². The van der Waals surface area contributed by atoms with E-state index in [1.807, 2.05) is 6.07 Å². The van der Waals surface area contributed by atoms with Gasteiger partial charge in [-0.15, -0.1) is 12.3 Å². The standard InChI is InChI=1S/C12H17NO/c1-3-5-6-7-11(13)10-8-9-14-12(10)4-2/h1,8-9,11H,4-7,13H2,2H3. The Morgan fingerprint density at radius 2 is 2.43 bits per heavy atom. The number of rotatable bonds is 5. The average Bonchev–Trinajstić information content (AvgIpc) is 2.65. The minimum atomic E-state index is 0.0667. The van der Waals surface area contributed by atoms with Crippen molar-refractivity contribution in [3.63, 3.8) is 0 Å². The maximum Gasteiger partial charge on any atom is 0.108 e. The third-order valence-corrected chi connectivity index (χ3v) is 2.34. The van der Waals surface area contributed by atoms with Gasteiger partial charge in [0.25, 0.3) is 0 Å². The smallest absolute Gasteiger partial charge is 0.108 e. The second kappa shape index (κ2) is 5.51. The Bertz CT molecular complexity index is 308. The highest BCUT2D eigenvalue weighted by Gasteiger charge is 2.11. The lowest BCUT2D eigenvalue weighted by Crippen LogP contribution is -2.10. The molecule has 1 aromatic rings. The number of unbranched alkanes of at least 4 members (excludes halogenated alkanes) is 1. The molecule has 1 unspecified atom stereocenters. The van der Waals surface area contributed by atoms with E-state index in [2.05, 4.69) is 12.8 Å². The summed E-state index contributed by atoms with van der Waals surface area (Å²) in [5.74, 6) is 3.62. The van der Waals surface area contributed by atoms with Crippen LogP contribution in [-0.4, -0.2) is 0 Å². The van der Waals surface area contributed by atoms with Gasteiger partial charge < -0.3 is 10.2 Å². The molecule has 0 aliphatic rings. The van der Waals surface area contributed by atoms with Crippen LogP contribution in [0.2, 0.25) is 0 Å². The number of hydrogen-bond acceptors (Lipinski definition) is 2. The highest BCUT2D eigenvalue weighted by Crippen LogP contribution is 2.22. The van der Waals surface area contributed by atoms with E-state index in [1.165, 1.54) is 0 Å². The number of terminal acetylenes is 1. The molecule has 1 rings (SSSR count). The molecule has 2 heteroatoms. The zero-order valence-electron chi connectivity index (χ0n) is 8.62. The number of furan rings is 1. The summed E-state index contributed by atoms with van der Waals surface area (Å²) in [5.41, 5.74) is 7.16. The average molecular weight is 191 g/mol. The van der Waals surface area contributed by atoms with Gasteiger partial charge in [-0.3, -0.25) is 0 Å². The molecule has 1 atom stereocenters. The van der Waals surface area contributed by atoms with E-state index < -0.39 is 0 Å². The molecule has 0 amide bonds. The lowest BCUT2D eigenvalue weighted by atomic mass is 10.0. The molecule has 1 heterocycles. The highest BCUT2D eigenvalue weighted by atomic mass is 16.3. The number of nitrogens with two attached hydrogens (primary N) is 1. The molecule has 76 valence electrons. The summed E-state index contributed by atoms with van der Waals surface area (Å²) in [4.78, 5) is 0. The first-order valence-corrected chi connectivity index (χ1v) is 5.04. The number of hydrogen-bond donors (Lipinski definition) is 1. The fraction of sp³-hybridized carbons (Fsp3) is 0.500. The second-order valence-corrected chi connectivity index (χ2v) is 3.36. The van der Waals surface area contributed by atoms with Crippen LogP contribution in [0, 0.1) is 12.3 Å². The quantitative estimate of drug-likeness (QED) is 0.574. The molecule has 2 nitrogen and oxygen atoms in total. The van der Waals surface area contributed by atoms with Crippen LogP contribution in [0.3, 0.4) is 0 Å². The third kappa shape index (κ3) is 2.65. The molecule has 1 aromatic heterocycles. The van der Waals surface area contributed by atoms with Crippen LogP contribution in [0.5, 0.6) is 0 Å². The summed E-state index contributed by atoms with van der Waals surface area (Å²) in [6.07, 6.45) is 10.5. The van der Waals surface area contributed by atoms with Crippen molar-refractivity contribution in [2.75, 3.05) is 0 Å². The zero-order chi connectivity index (χ0) is 10.4. The van der Waals surface area contributed by atoms with Crippen molar-refractivity contribution in [2.45, 2.75) is 38.6 Å². The van der Waals surface area contributed by atoms with E-state index >= 15 is 0 Å². The van der Waals surface area contributed by atoms with Gasteiger partial charge in [0.05, 0.1) is 6.26 Å². The first kappa shape index (κ1) is 10.9. The summed E-state index contributed by atoms with van der Waals surface area (Å²) in [6.45, 7) is 2.07. The Morgan fingerprint density at radius 1 is 1.64 bits per heavy atom. The van der Waals surface area contributed by atoms with Crippen LogP contribution in [-0.2, 0) is 6.42 Å². The van der Waals surface area contributed by atoms with Crippen molar-refractivity contribution in [1.82, 2.24) is 0 Å². The maximum atomic E-state index is 6.03. The van der Waals surface area contributed by atoms with E-state index in [0.29, 0.717) is 0 Å². The summed E-state index contributed by atoms with van der Waals surface area (Å²) >= 11 is 0. The molecule has 0 aliphatic carbocycles. The minimum Gasteiger partial charge on any atom is -0.469 e. The van der Waals surface area contributed by atoms with E-state index in [0.717, 1.165) is 37.0 Å². The molecule has 0 spiro atoms. The van der Waals surface area contributed by atoms with Crippen LogP contribution >= 0.6 is 0 Å². The van der Waals surface area contributed by atoms with E-state index in [1.54, 1.807) is 6.26 Å². The molecule has 0 saturated heterocycles. The fourth-order valence-electron chi connectivity index (χ4n) is 1.55. The van der Waals surface area contributed by atoms with Gasteiger partial charge >= 0.3 is 0 Å². The largest absolute Gasteiger partial charge is 0.469 e. The van der Waals surface area contributed by atoms with Gasteiger partial charge in [0.15, 0.2) is 0 Å². The predicted octanol–water partition coefficient (Wildman–Crippen LogP) is 2.65. The maximum absolute atomic E-state index is 6.03. The molecule has 0 radical (unpaired) electrons. The summed E-state index contributed by atoms with van der Waals surface area (Å²) < 4.78 is 5.32. The van der Waals surface area contributed by atoms with Crippen LogP contribution in [0.25, 0.3) is 0 Å². The van der Waals surface area contributed by atoms with Crippen molar-refractivity contribution in [3.05, 3.63) is 23.7 Å². The van der Waals surface area contributed by atoms with E-state index in [-0.39, 0.29) is 6.04 Å². The van der Waals surface area contributed by atoms with Gasteiger partial charge in [-0.1, -0.05) is 6.92 Å². The van der Waals surface area contributed by atoms with Gasteiger partial charge in [-0.25, -0.2) is 0 Å². The monoisotopic (exact) mass is 191 g/mol. The van der Waals surface area contributed by atoms with Gasteiger partial charge in [0.2, 0.25) is 0 Å². The Morgan fingerprint density at radius 3 is 3.07 bits per heavy atom. The van der Waals surface area contributed by atoms with Gasteiger partial charge in [0, 0.05) is 24.4 Å². The van der Waals surface area contributed by atoms with Crippen molar-refractivity contribution in [2.24, 2.45) is 5.73 Å². The normalized spacial score (nSPS) is 12.4. The lowest BCUT2D eigenvalue weighted by Gasteiger charge is -2.09. The topological polar surface area (TPSA) is 39.2 Å². The Kier molecular flexibility index (Phi) is 4.28. The molecule has 0 fully saturated rings. The van der Waals surface area contributed by atoms with Crippen LogP contribution in [0.1, 0.15) is 43.6 Å². The first-order chi connectivity index (χ1) is 6.79. The van der Waals surface area contributed by atoms with E-state index in [9.17, 15) is 0 Å². The summed E-state index contributed by atoms with van der Waals surface area (Å²) in [7, 11) is 0. The Hall–Kier alpha value is -1.20. The Balaban J connectivity index is 2.52. The van der Waals surface area contributed by atoms with Gasteiger partial charge in [0.1, 0.15) is 5.76 Å². The summed E-state index contributed by atoms with van der Waals surface area (Å²) in [6, 6.07) is 2.02. The molecule has 14 heavy (non-hydrogen) atoms. The fourth-order valence-corrected chi connectivity index (χ4v) is 1.55. The molecule has 0 aliphatic heterocycles. The van der Waals surface area contributed by atoms with Gasteiger partial charge in [-0.05, 0) is 18.9 Å². The van der Waals surface area contributed by atoms with E-state index in [4.69, 9.17) is 16.6 Å². The van der Waals surface area contributed by atoms with Crippen LogP contribution < -0.4 is 5.73 Å². The van der Waals surface area contributed by atoms with Crippen LogP contribution in [0.15, 0.2) is 16.7 Å². The third-order valence-electron chi connectivity index (χ3n) is 2.34. The zero-order valence-corrected chi connectivity index (χ0v) is 8.62. The molecule has 0 saturated carbocycles. The summed E-state index contributed by atoms with van der Waals surface area (Å²) in [5, 5.41) is 0. The first-order valence-electron chi connectivity index (χ1n) is 5.04. The highest BCUT2D eigenvalue weighted by molar-refractivity contribution is 5.20. The molecular formula is C12H17NO. The molecule has 0 aromatic carbocycles. The minimum absolute atomic E-state index is 0.0667. The number of aryl methyl sites for hydroxylation is 1. The SMILES string of the molecule is C#CCCCC(N)c1ccoc1CC. The molecule has 0 bridgehead atoms. The lowest BCUT2D eigenvalue weighted by molar-refractivity contribution is 0.501. The predicted molar refractivity (Wildman–Crippen MR) is 57.7 cm³/mol. The van der Waals surface area contributed by atoms with Crippen molar-refractivity contribution < 1.29 is 4.42 Å². The van der Waals surface area contributed by atoms with Crippen molar-refractivity contribution in [3.8, 4) is 12.3 Å². The molecule has 2 N–H and O–H groups in total. The van der Waals surface area contributed by atoms with Crippen LogP contribution in [0.4, 0.5) is 0 Å². The Labute approximate surface area is 85.5 Å². The van der Waals surface area contributed by atoms with Crippen molar-refractivity contribution >= 4 is 0 Å². The molecular weight excluding hydrogens is 174 g/mol. The van der Waals surface area contributed by atoms with Gasteiger partial charge in [-0.2, -0.15) is 0 Å².